The quantitative estimate of drug-likeness (QED) is 0.402. The Morgan fingerprint density at radius 1 is 1.14 bits per heavy atom. The molecule has 2 rings (SSSR count). The van der Waals surface area contributed by atoms with Crippen LogP contribution in [0.4, 0.5) is 21.5 Å². The zero-order valence-electron chi connectivity index (χ0n) is 16.0. The maximum atomic E-state index is 12.1. The van der Waals surface area contributed by atoms with Gasteiger partial charge in [-0.2, -0.15) is 10.2 Å². The normalized spacial score (nSPS) is 11.6. The van der Waals surface area contributed by atoms with Crippen LogP contribution < -0.4 is 15.5 Å². The highest BCUT2D eigenvalue weighted by molar-refractivity contribution is 7.60. The van der Waals surface area contributed by atoms with E-state index >= 15 is 0 Å². The highest BCUT2D eigenvalue weighted by Crippen LogP contribution is 2.34. The largest absolute Gasteiger partial charge is 0.370 e. The molecule has 8 nitrogen and oxygen atoms in total. The van der Waals surface area contributed by atoms with Gasteiger partial charge in [0.1, 0.15) is 0 Å². The van der Waals surface area contributed by atoms with E-state index in [1.807, 2.05) is 19.1 Å². The van der Waals surface area contributed by atoms with E-state index < -0.39 is 14.3 Å². The van der Waals surface area contributed by atoms with Crippen LogP contribution in [-0.4, -0.2) is 42.0 Å². The van der Waals surface area contributed by atoms with Gasteiger partial charge in [-0.3, -0.25) is 13.8 Å². The second-order valence-electron chi connectivity index (χ2n) is 6.15. The molecule has 0 aromatic heterocycles. The van der Waals surface area contributed by atoms with Crippen molar-refractivity contribution < 1.29 is 23.5 Å². The van der Waals surface area contributed by atoms with Gasteiger partial charge in [-0.25, -0.2) is 0 Å². The van der Waals surface area contributed by atoms with Crippen molar-refractivity contribution in [3.63, 3.8) is 0 Å². The molecule has 2 aromatic carbocycles. The van der Waals surface area contributed by atoms with Crippen LogP contribution in [0.1, 0.15) is 13.3 Å². The number of likely N-dealkylation sites (N-methyl/N-ethyl adjacent to an activating group) is 1. The predicted octanol–water partition coefficient (Wildman–Crippen LogP) is 3.21. The summed E-state index contributed by atoms with van der Waals surface area (Å²) < 4.78 is 23.4. The molecule has 0 radical (unpaired) electrons. The lowest BCUT2D eigenvalue weighted by atomic mass is 10.2. The number of amides is 1. The Balaban J connectivity index is 1.99. The minimum atomic E-state index is -4.33. The number of hydrogen-bond acceptors (Lipinski definition) is 5. The maximum absolute atomic E-state index is 12.1. The van der Waals surface area contributed by atoms with Crippen molar-refractivity contribution in [2.45, 2.75) is 13.3 Å². The minimum Gasteiger partial charge on any atom is -0.370 e. The van der Waals surface area contributed by atoms with Crippen molar-refractivity contribution >= 4 is 35.9 Å². The van der Waals surface area contributed by atoms with Crippen molar-refractivity contribution in [2.75, 3.05) is 31.2 Å². The number of nitrogens with one attached hydrogen (secondary N) is 1. The zero-order chi connectivity index (χ0) is 21.3. The van der Waals surface area contributed by atoms with Gasteiger partial charge in [0.05, 0.1) is 29.8 Å². The molecule has 0 aliphatic heterocycles. The predicted molar refractivity (Wildman–Crippen MR) is 110 cm³/mol. The molecular weight excluding hydrogens is 398 g/mol. The number of nitrogens with zero attached hydrogens (tertiary/aromatic N) is 3. The summed E-state index contributed by atoms with van der Waals surface area (Å²) in [5.41, 5.74) is 1.87. The Labute approximate surface area is 168 Å². The molecule has 0 spiro atoms. The molecule has 0 aliphatic carbocycles. The van der Waals surface area contributed by atoms with Crippen molar-refractivity contribution in [3.8, 4) is 0 Å². The summed E-state index contributed by atoms with van der Waals surface area (Å²) in [6.07, 6.45) is -0.122. The van der Waals surface area contributed by atoms with Gasteiger partial charge in [0.15, 0.2) is 0 Å². The van der Waals surface area contributed by atoms with Crippen LogP contribution in [0.3, 0.4) is 0 Å². The zero-order valence-corrected chi connectivity index (χ0v) is 16.9. The van der Waals surface area contributed by atoms with Gasteiger partial charge in [-0.15, -0.1) is 0 Å². The van der Waals surface area contributed by atoms with E-state index in [0.717, 1.165) is 12.2 Å². The number of carbonyl (C=O) groups excluding carboxylic acids is 1. The topological polar surface area (TPSA) is 115 Å². The number of rotatable bonds is 10. The number of hydrogen-bond donors (Lipinski definition) is 3. The third kappa shape index (κ3) is 7.38. The Kier molecular flexibility index (Phi) is 8.45. The average Bonchev–Trinajstić information content (AvgIpc) is 2.70. The summed E-state index contributed by atoms with van der Waals surface area (Å²) in [7, 11) is -4.33. The van der Waals surface area contributed by atoms with E-state index in [1.54, 1.807) is 18.2 Å². The third-order valence-corrected chi connectivity index (χ3v) is 5.02. The second-order valence-corrected chi connectivity index (χ2v) is 7.75. The van der Waals surface area contributed by atoms with Gasteiger partial charge in [-0.1, -0.05) is 6.07 Å². The van der Waals surface area contributed by atoms with Gasteiger partial charge < -0.3 is 20.0 Å². The Morgan fingerprint density at radius 2 is 1.83 bits per heavy atom. The van der Waals surface area contributed by atoms with Gasteiger partial charge >= 0.3 is 7.60 Å². The molecule has 1 amide bonds. The van der Waals surface area contributed by atoms with Crippen LogP contribution in [0, 0.1) is 0 Å². The first-order valence-electron chi connectivity index (χ1n) is 9.09. The molecule has 0 unspecified atom stereocenters. The fourth-order valence-electron chi connectivity index (χ4n) is 2.56. The first kappa shape index (κ1) is 22.7. The molecule has 0 saturated heterocycles. The lowest BCUT2D eigenvalue weighted by Gasteiger charge is -2.23. The van der Waals surface area contributed by atoms with E-state index in [0.29, 0.717) is 24.5 Å². The SMILES string of the molecule is CCN(CCNC(=O)CCF)c1ccc(N=Nc2cccc(P(=O)(O)O)c2)cc1. The Hall–Kier alpha value is -2.61. The monoisotopic (exact) mass is 422 g/mol. The smallest absolute Gasteiger partial charge is 0.356 e. The number of alkyl halides is 1. The van der Waals surface area contributed by atoms with Crippen molar-refractivity contribution in [1.29, 1.82) is 0 Å². The fraction of sp³-hybridized carbons (Fsp3) is 0.316. The van der Waals surface area contributed by atoms with E-state index in [2.05, 4.69) is 20.4 Å². The molecule has 10 heteroatoms. The van der Waals surface area contributed by atoms with Crippen molar-refractivity contribution in [3.05, 3.63) is 48.5 Å². The third-order valence-electron chi connectivity index (χ3n) is 4.07. The Bertz CT molecular complexity index is 886. The number of halogens is 1. The summed E-state index contributed by atoms with van der Waals surface area (Å²) in [5.74, 6) is -0.304. The molecule has 0 atom stereocenters. The molecule has 156 valence electrons. The lowest BCUT2D eigenvalue weighted by Crippen LogP contribution is -2.35. The van der Waals surface area contributed by atoms with Gasteiger partial charge in [0.2, 0.25) is 5.91 Å². The van der Waals surface area contributed by atoms with Gasteiger partial charge in [-0.05, 0) is 49.4 Å². The van der Waals surface area contributed by atoms with Crippen LogP contribution in [0.25, 0.3) is 0 Å². The molecule has 0 aliphatic rings. The van der Waals surface area contributed by atoms with Gasteiger partial charge in [0.25, 0.3) is 0 Å². The van der Waals surface area contributed by atoms with Crippen LogP contribution in [0.2, 0.25) is 0 Å². The first-order valence-corrected chi connectivity index (χ1v) is 10.7. The molecule has 29 heavy (non-hydrogen) atoms. The van der Waals surface area contributed by atoms with E-state index in [-0.39, 0.29) is 17.6 Å². The summed E-state index contributed by atoms with van der Waals surface area (Å²) >= 11 is 0. The molecular formula is C19H24FN4O4P. The Morgan fingerprint density at radius 3 is 2.45 bits per heavy atom. The standard InChI is InChI=1S/C19H24FN4O4P/c1-2-24(13-12-21-19(25)10-11-20)17-8-6-15(7-9-17)22-23-16-4-3-5-18(14-16)29(26,27)28/h3-9,14H,2,10-13H2,1H3,(H,21,25)(H2,26,27,28). The molecule has 0 fully saturated rings. The lowest BCUT2D eigenvalue weighted by molar-refractivity contribution is -0.121. The molecule has 2 aromatic rings. The van der Waals surface area contributed by atoms with Crippen LogP contribution in [-0.2, 0) is 9.36 Å². The molecule has 0 bridgehead atoms. The van der Waals surface area contributed by atoms with Crippen LogP contribution in [0.15, 0.2) is 58.8 Å². The number of azo groups is 1. The second kappa shape index (κ2) is 10.8. The summed E-state index contributed by atoms with van der Waals surface area (Å²) in [6.45, 7) is 3.07. The number of benzene rings is 2. The summed E-state index contributed by atoms with van der Waals surface area (Å²) in [5, 5.41) is 10.7. The minimum absolute atomic E-state index is 0.110. The summed E-state index contributed by atoms with van der Waals surface area (Å²) in [4.78, 5) is 31.8. The fourth-order valence-corrected chi connectivity index (χ4v) is 3.14. The number of carbonyl (C=O) groups is 1. The highest BCUT2D eigenvalue weighted by Gasteiger charge is 2.16. The van der Waals surface area contributed by atoms with Gasteiger partial charge in [0, 0.05) is 25.3 Å². The maximum Gasteiger partial charge on any atom is 0.356 e. The van der Waals surface area contributed by atoms with Crippen LogP contribution >= 0.6 is 7.60 Å². The van der Waals surface area contributed by atoms with Crippen molar-refractivity contribution in [1.82, 2.24) is 5.32 Å². The highest BCUT2D eigenvalue weighted by atomic mass is 31.2. The van der Waals surface area contributed by atoms with E-state index in [9.17, 15) is 23.5 Å². The molecule has 0 heterocycles. The summed E-state index contributed by atoms with van der Waals surface area (Å²) in [6, 6.07) is 13.0. The molecule has 3 N–H and O–H groups in total. The molecule has 0 saturated carbocycles. The van der Waals surface area contributed by atoms with Crippen LogP contribution in [0.5, 0.6) is 0 Å². The van der Waals surface area contributed by atoms with E-state index in [1.165, 1.54) is 18.2 Å². The van der Waals surface area contributed by atoms with Crippen molar-refractivity contribution in [2.24, 2.45) is 10.2 Å². The first-order chi connectivity index (χ1) is 13.8. The number of anilines is 1. The average molecular weight is 422 g/mol. The van der Waals surface area contributed by atoms with E-state index in [4.69, 9.17) is 0 Å².